The van der Waals surface area contributed by atoms with Crippen molar-refractivity contribution in [2.45, 2.75) is 51.7 Å². The van der Waals surface area contributed by atoms with Crippen molar-refractivity contribution in [1.29, 1.82) is 0 Å². The Morgan fingerprint density at radius 3 is 2.77 bits per heavy atom. The SMILES string of the molecule is Cc1ccc(COCC2COC(CCc3ccc(Cl)cc3)(Cn3ccnc3)O2)c(C)c1. The smallest absolute Gasteiger partial charge is 0.187 e. The van der Waals surface area contributed by atoms with Crippen LogP contribution in [-0.4, -0.2) is 34.7 Å². The van der Waals surface area contributed by atoms with Crippen LogP contribution in [0.25, 0.3) is 0 Å². The molecule has 1 aliphatic rings. The zero-order valence-corrected chi connectivity index (χ0v) is 18.8. The molecule has 0 saturated carbocycles. The number of aromatic nitrogens is 2. The second kappa shape index (κ2) is 9.96. The van der Waals surface area contributed by atoms with Gasteiger partial charge in [-0.2, -0.15) is 0 Å². The van der Waals surface area contributed by atoms with E-state index in [-0.39, 0.29) is 6.10 Å². The van der Waals surface area contributed by atoms with Crippen molar-refractivity contribution in [1.82, 2.24) is 9.55 Å². The van der Waals surface area contributed by atoms with E-state index in [4.69, 9.17) is 25.8 Å². The topological polar surface area (TPSA) is 45.5 Å². The Labute approximate surface area is 188 Å². The van der Waals surface area contributed by atoms with Crippen molar-refractivity contribution in [2.24, 2.45) is 0 Å². The van der Waals surface area contributed by atoms with E-state index in [2.05, 4.69) is 37.0 Å². The largest absolute Gasteiger partial charge is 0.374 e. The number of benzene rings is 2. The van der Waals surface area contributed by atoms with Gasteiger partial charge >= 0.3 is 0 Å². The van der Waals surface area contributed by atoms with Gasteiger partial charge in [-0.25, -0.2) is 4.98 Å². The summed E-state index contributed by atoms with van der Waals surface area (Å²) in [6.45, 7) is 6.40. The van der Waals surface area contributed by atoms with Gasteiger partial charge in [0.1, 0.15) is 6.10 Å². The van der Waals surface area contributed by atoms with E-state index in [1.165, 1.54) is 22.3 Å². The second-order valence-corrected chi connectivity index (χ2v) is 8.70. The van der Waals surface area contributed by atoms with Gasteiger partial charge in [-0.05, 0) is 49.1 Å². The first-order valence-electron chi connectivity index (χ1n) is 10.7. The van der Waals surface area contributed by atoms with E-state index in [9.17, 15) is 0 Å². The van der Waals surface area contributed by atoms with Crippen LogP contribution in [0.4, 0.5) is 0 Å². The number of hydrogen-bond acceptors (Lipinski definition) is 4. The summed E-state index contributed by atoms with van der Waals surface area (Å²) in [4.78, 5) is 4.15. The van der Waals surface area contributed by atoms with Crippen LogP contribution in [-0.2, 0) is 33.8 Å². The van der Waals surface area contributed by atoms with Crippen molar-refractivity contribution in [2.75, 3.05) is 13.2 Å². The molecule has 1 aliphatic heterocycles. The van der Waals surface area contributed by atoms with E-state index in [0.717, 1.165) is 17.9 Å². The number of halogens is 1. The van der Waals surface area contributed by atoms with Gasteiger partial charge in [0.05, 0.1) is 32.7 Å². The summed E-state index contributed by atoms with van der Waals surface area (Å²) in [6.07, 6.45) is 6.97. The molecule has 2 aromatic carbocycles. The molecule has 1 saturated heterocycles. The Kier molecular flexibility index (Phi) is 7.08. The van der Waals surface area contributed by atoms with E-state index in [1.807, 2.05) is 35.0 Å². The molecule has 164 valence electrons. The minimum Gasteiger partial charge on any atom is -0.374 e. The molecule has 1 fully saturated rings. The maximum Gasteiger partial charge on any atom is 0.187 e. The van der Waals surface area contributed by atoms with Gasteiger partial charge in [0.25, 0.3) is 0 Å². The highest BCUT2D eigenvalue weighted by Crippen LogP contribution is 2.31. The first-order chi connectivity index (χ1) is 15.0. The minimum atomic E-state index is -0.700. The third-order valence-corrected chi connectivity index (χ3v) is 5.92. The highest BCUT2D eigenvalue weighted by molar-refractivity contribution is 6.30. The summed E-state index contributed by atoms with van der Waals surface area (Å²) in [5, 5.41) is 0.742. The van der Waals surface area contributed by atoms with Crippen LogP contribution < -0.4 is 0 Å². The molecule has 5 nitrogen and oxygen atoms in total. The summed E-state index contributed by atoms with van der Waals surface area (Å²) in [6, 6.07) is 14.4. The third-order valence-electron chi connectivity index (χ3n) is 5.66. The van der Waals surface area contributed by atoms with Crippen molar-refractivity contribution in [3.05, 3.63) is 88.5 Å². The van der Waals surface area contributed by atoms with E-state index in [0.29, 0.717) is 26.4 Å². The monoisotopic (exact) mass is 440 g/mol. The molecule has 1 aromatic heterocycles. The molecule has 0 bridgehead atoms. The molecule has 6 heteroatoms. The first-order valence-corrected chi connectivity index (χ1v) is 11.0. The molecular formula is C25H29ClN2O3. The van der Waals surface area contributed by atoms with Gasteiger partial charge in [-0.1, -0.05) is 47.5 Å². The molecule has 2 heterocycles. The summed E-state index contributed by atoms with van der Waals surface area (Å²) < 4.78 is 20.7. The van der Waals surface area contributed by atoms with Gasteiger partial charge < -0.3 is 18.8 Å². The Bertz CT molecular complexity index is 975. The normalized spacial score (nSPS) is 20.9. The lowest BCUT2D eigenvalue weighted by atomic mass is 10.0. The fourth-order valence-electron chi connectivity index (χ4n) is 3.94. The van der Waals surface area contributed by atoms with Gasteiger partial charge in [0, 0.05) is 23.8 Å². The quantitative estimate of drug-likeness (QED) is 0.463. The van der Waals surface area contributed by atoms with Crippen LogP contribution in [0.5, 0.6) is 0 Å². The van der Waals surface area contributed by atoms with Crippen LogP contribution >= 0.6 is 11.6 Å². The highest BCUT2D eigenvalue weighted by Gasteiger charge is 2.41. The van der Waals surface area contributed by atoms with Crippen molar-refractivity contribution in [3.63, 3.8) is 0 Å². The lowest BCUT2D eigenvalue weighted by Gasteiger charge is -2.28. The zero-order valence-electron chi connectivity index (χ0n) is 18.1. The number of hydrogen-bond donors (Lipinski definition) is 0. The minimum absolute atomic E-state index is 0.0977. The zero-order chi connectivity index (χ0) is 21.7. The Morgan fingerprint density at radius 1 is 1.19 bits per heavy atom. The molecule has 0 radical (unpaired) electrons. The lowest BCUT2D eigenvalue weighted by molar-refractivity contribution is -0.187. The fourth-order valence-corrected chi connectivity index (χ4v) is 4.07. The predicted molar refractivity (Wildman–Crippen MR) is 121 cm³/mol. The van der Waals surface area contributed by atoms with Crippen LogP contribution in [0.1, 0.15) is 28.7 Å². The van der Waals surface area contributed by atoms with Crippen molar-refractivity contribution < 1.29 is 14.2 Å². The van der Waals surface area contributed by atoms with Crippen molar-refractivity contribution in [3.8, 4) is 0 Å². The van der Waals surface area contributed by atoms with E-state index in [1.54, 1.807) is 12.5 Å². The molecule has 3 aromatic rings. The molecule has 4 rings (SSSR count). The molecule has 2 atom stereocenters. The molecule has 0 N–H and O–H groups in total. The maximum absolute atomic E-state index is 6.43. The third kappa shape index (κ3) is 5.95. The maximum atomic E-state index is 6.43. The molecule has 31 heavy (non-hydrogen) atoms. The second-order valence-electron chi connectivity index (χ2n) is 8.27. The summed E-state index contributed by atoms with van der Waals surface area (Å²) in [5.41, 5.74) is 4.92. The van der Waals surface area contributed by atoms with Gasteiger partial charge in [-0.15, -0.1) is 0 Å². The standard InChI is InChI=1S/C25H29ClN2O3/c1-19-3-6-22(20(2)13-19)14-29-15-24-16-30-25(31-24,17-28-12-11-27-18-28)10-9-21-4-7-23(26)8-5-21/h3-8,11-13,18,24H,9-10,14-17H2,1-2H3. The Balaban J connectivity index is 1.36. The first kappa shape index (κ1) is 22.0. The van der Waals surface area contributed by atoms with E-state index >= 15 is 0 Å². The van der Waals surface area contributed by atoms with Crippen LogP contribution in [0.15, 0.2) is 61.2 Å². The van der Waals surface area contributed by atoms with Crippen LogP contribution in [0.3, 0.4) is 0 Å². The number of aryl methyl sites for hydroxylation is 3. The van der Waals surface area contributed by atoms with Gasteiger partial charge in [0.2, 0.25) is 0 Å². The van der Waals surface area contributed by atoms with Crippen molar-refractivity contribution >= 4 is 11.6 Å². The summed E-state index contributed by atoms with van der Waals surface area (Å²) in [7, 11) is 0. The van der Waals surface area contributed by atoms with E-state index < -0.39 is 5.79 Å². The molecule has 2 unspecified atom stereocenters. The molecule has 0 amide bonds. The number of imidazole rings is 1. The molecule has 0 spiro atoms. The molecular weight excluding hydrogens is 412 g/mol. The molecule has 0 aliphatic carbocycles. The average molecular weight is 441 g/mol. The summed E-state index contributed by atoms with van der Waals surface area (Å²) in [5.74, 6) is -0.700. The highest BCUT2D eigenvalue weighted by atomic mass is 35.5. The number of ether oxygens (including phenoxy) is 3. The fraction of sp³-hybridized carbons (Fsp3) is 0.400. The number of nitrogens with zero attached hydrogens (tertiary/aromatic N) is 2. The van der Waals surface area contributed by atoms with Crippen LogP contribution in [0.2, 0.25) is 5.02 Å². The Hall–Kier alpha value is -2.18. The van der Waals surface area contributed by atoms with Gasteiger partial charge in [-0.3, -0.25) is 0 Å². The predicted octanol–water partition coefficient (Wildman–Crippen LogP) is 5.11. The van der Waals surface area contributed by atoms with Gasteiger partial charge in [0.15, 0.2) is 5.79 Å². The summed E-state index contributed by atoms with van der Waals surface area (Å²) >= 11 is 6.02. The average Bonchev–Trinajstić information content (AvgIpc) is 3.40. The van der Waals surface area contributed by atoms with Crippen LogP contribution in [0, 0.1) is 13.8 Å². The lowest BCUT2D eigenvalue weighted by Crippen LogP contribution is -2.37. The Morgan fingerprint density at radius 2 is 2.03 bits per heavy atom. The number of rotatable bonds is 9.